The molecule has 0 radical (unpaired) electrons. The van der Waals surface area contributed by atoms with Gasteiger partial charge in [0.05, 0.1) is 18.6 Å². The maximum absolute atomic E-state index is 12.3. The molecule has 0 amide bonds. The zero-order valence-corrected chi connectivity index (χ0v) is 17.3. The van der Waals surface area contributed by atoms with Crippen LogP contribution in [0.2, 0.25) is 0 Å². The van der Waals surface area contributed by atoms with Crippen LogP contribution in [0.5, 0.6) is 5.75 Å². The van der Waals surface area contributed by atoms with E-state index in [1.54, 1.807) is 52.0 Å². The Hall–Kier alpha value is -2.70. The molecule has 2 aromatic rings. The van der Waals surface area contributed by atoms with Gasteiger partial charge in [-0.1, -0.05) is 42.5 Å². The second-order valence-electron chi connectivity index (χ2n) is 7.86. The molecule has 0 fully saturated rings. The van der Waals surface area contributed by atoms with Gasteiger partial charge in [-0.05, 0) is 51.0 Å². The molecule has 0 aliphatic heterocycles. The zero-order chi connectivity index (χ0) is 21.4. The summed E-state index contributed by atoms with van der Waals surface area (Å²) >= 11 is 0. The Kier molecular flexibility index (Phi) is 7.93. The van der Waals surface area contributed by atoms with Gasteiger partial charge in [-0.2, -0.15) is 0 Å². The van der Waals surface area contributed by atoms with Gasteiger partial charge < -0.3 is 19.9 Å². The van der Waals surface area contributed by atoms with E-state index in [4.69, 9.17) is 9.47 Å². The summed E-state index contributed by atoms with van der Waals surface area (Å²) in [4.78, 5) is 24.0. The summed E-state index contributed by atoms with van der Waals surface area (Å²) in [5, 5.41) is 13.1. The third-order valence-corrected chi connectivity index (χ3v) is 4.16. The number of ether oxygens (including phenoxy) is 2. The molecule has 0 saturated heterocycles. The van der Waals surface area contributed by atoms with E-state index in [2.05, 4.69) is 5.32 Å². The molecular formula is C23H29NO5. The number of benzene rings is 2. The molecule has 2 rings (SSSR count). The highest BCUT2D eigenvalue weighted by molar-refractivity contribution is 5.79. The van der Waals surface area contributed by atoms with Gasteiger partial charge in [0.25, 0.3) is 0 Å². The van der Waals surface area contributed by atoms with Crippen LogP contribution in [-0.2, 0) is 14.3 Å². The van der Waals surface area contributed by atoms with Crippen molar-refractivity contribution in [3.05, 3.63) is 65.7 Å². The normalized spacial score (nSPS) is 13.4. The maximum atomic E-state index is 12.3. The minimum Gasteiger partial charge on any atom is -0.459 e. The molecule has 6 heteroatoms. The van der Waals surface area contributed by atoms with E-state index in [-0.39, 0.29) is 30.9 Å². The second-order valence-corrected chi connectivity index (χ2v) is 7.86. The average molecular weight is 399 g/mol. The van der Waals surface area contributed by atoms with Crippen LogP contribution in [0.3, 0.4) is 0 Å². The van der Waals surface area contributed by atoms with E-state index in [9.17, 15) is 14.7 Å². The van der Waals surface area contributed by atoms with Gasteiger partial charge in [0, 0.05) is 6.54 Å². The number of aliphatic hydroxyl groups excluding tert-OH is 1. The third kappa shape index (κ3) is 7.68. The first-order valence-corrected chi connectivity index (χ1v) is 9.63. The van der Waals surface area contributed by atoms with E-state index in [1.807, 2.05) is 30.3 Å². The molecule has 0 aromatic heterocycles. The minimum absolute atomic E-state index is 0.0153. The molecule has 0 heterocycles. The topological polar surface area (TPSA) is 84.9 Å². The fraction of sp³-hybridized carbons (Fsp3) is 0.391. The number of nitrogens with one attached hydrogen (secondary N) is 1. The quantitative estimate of drug-likeness (QED) is 0.523. The number of rotatable bonds is 8. The average Bonchev–Trinajstić information content (AvgIpc) is 2.67. The Morgan fingerprint density at radius 1 is 1.00 bits per heavy atom. The number of hydrogen-bond acceptors (Lipinski definition) is 6. The number of carbonyl (C=O) groups excluding carboxylic acids is 2. The van der Waals surface area contributed by atoms with Crippen molar-refractivity contribution in [2.45, 2.75) is 45.3 Å². The maximum Gasteiger partial charge on any atom is 0.320 e. The van der Waals surface area contributed by atoms with Crippen molar-refractivity contribution in [1.29, 1.82) is 0 Å². The molecule has 2 aromatic carbocycles. The Morgan fingerprint density at radius 2 is 1.62 bits per heavy atom. The van der Waals surface area contributed by atoms with Gasteiger partial charge >= 0.3 is 11.9 Å². The van der Waals surface area contributed by atoms with E-state index in [1.165, 1.54) is 0 Å². The summed E-state index contributed by atoms with van der Waals surface area (Å²) in [7, 11) is 0. The lowest BCUT2D eigenvalue weighted by molar-refractivity contribution is -0.153. The first-order valence-electron chi connectivity index (χ1n) is 9.63. The molecule has 2 unspecified atom stereocenters. The van der Waals surface area contributed by atoms with E-state index < -0.39 is 11.7 Å². The number of hydrogen-bond donors (Lipinski definition) is 2. The van der Waals surface area contributed by atoms with Crippen LogP contribution in [0.25, 0.3) is 0 Å². The summed E-state index contributed by atoms with van der Waals surface area (Å²) in [6.07, 6.45) is -0.801. The highest BCUT2D eigenvalue weighted by Gasteiger charge is 2.18. The van der Waals surface area contributed by atoms with Gasteiger partial charge in [-0.15, -0.1) is 0 Å². The summed E-state index contributed by atoms with van der Waals surface area (Å²) in [5.74, 6) is -0.683. The van der Waals surface area contributed by atoms with Crippen LogP contribution in [0.15, 0.2) is 54.6 Å². The van der Waals surface area contributed by atoms with Crippen molar-refractivity contribution in [1.82, 2.24) is 5.32 Å². The van der Waals surface area contributed by atoms with Crippen LogP contribution in [0, 0.1) is 0 Å². The van der Waals surface area contributed by atoms with Crippen molar-refractivity contribution in [2.24, 2.45) is 0 Å². The summed E-state index contributed by atoms with van der Waals surface area (Å²) < 4.78 is 10.6. The number of carbonyl (C=O) groups is 2. The predicted octanol–water partition coefficient (Wildman–Crippen LogP) is 3.36. The van der Waals surface area contributed by atoms with Gasteiger partial charge in [0.15, 0.2) is 0 Å². The van der Waals surface area contributed by atoms with E-state index in [0.29, 0.717) is 11.3 Å². The van der Waals surface area contributed by atoms with Crippen molar-refractivity contribution >= 4 is 11.9 Å². The third-order valence-electron chi connectivity index (χ3n) is 4.16. The highest BCUT2D eigenvalue weighted by Crippen LogP contribution is 2.21. The predicted molar refractivity (Wildman–Crippen MR) is 111 cm³/mol. The van der Waals surface area contributed by atoms with Crippen LogP contribution >= 0.6 is 0 Å². The second kappa shape index (κ2) is 10.2. The van der Waals surface area contributed by atoms with Crippen molar-refractivity contribution in [3.8, 4) is 5.75 Å². The van der Waals surface area contributed by atoms with Crippen LogP contribution in [-0.4, -0.2) is 35.7 Å². The lowest BCUT2D eigenvalue weighted by Gasteiger charge is -2.20. The number of aliphatic hydroxyl groups is 1. The standard InChI is InChI=1S/C23H29NO5/c1-16(17-8-6-5-7-9-17)22(27)28-19-12-10-18(11-13-19)20(25)14-24-15-21(26)29-23(2,3)4/h5-13,16,20,24-25H,14-15H2,1-4H3. The zero-order valence-electron chi connectivity index (χ0n) is 17.3. The fourth-order valence-corrected chi connectivity index (χ4v) is 2.65. The SMILES string of the molecule is CC(C(=O)Oc1ccc(C(O)CNCC(=O)OC(C)(C)C)cc1)c1ccccc1. The largest absolute Gasteiger partial charge is 0.459 e. The lowest BCUT2D eigenvalue weighted by Crippen LogP contribution is -2.33. The van der Waals surface area contributed by atoms with Crippen molar-refractivity contribution < 1.29 is 24.2 Å². The minimum atomic E-state index is -0.801. The molecule has 2 N–H and O–H groups in total. The summed E-state index contributed by atoms with van der Waals surface area (Å²) in [5.41, 5.74) is 1.00. The summed E-state index contributed by atoms with van der Waals surface area (Å²) in [6.45, 7) is 7.41. The van der Waals surface area contributed by atoms with Crippen LogP contribution < -0.4 is 10.1 Å². The van der Waals surface area contributed by atoms with Gasteiger partial charge in [-0.25, -0.2) is 0 Å². The Balaban J connectivity index is 1.83. The van der Waals surface area contributed by atoms with Crippen molar-refractivity contribution in [3.63, 3.8) is 0 Å². The Bertz CT molecular complexity index is 796. The van der Waals surface area contributed by atoms with E-state index >= 15 is 0 Å². The van der Waals surface area contributed by atoms with Gasteiger partial charge in [0.2, 0.25) is 0 Å². The monoisotopic (exact) mass is 399 g/mol. The molecule has 0 aliphatic carbocycles. The molecule has 0 saturated carbocycles. The van der Waals surface area contributed by atoms with Crippen molar-refractivity contribution in [2.75, 3.05) is 13.1 Å². The van der Waals surface area contributed by atoms with E-state index in [0.717, 1.165) is 5.56 Å². The smallest absolute Gasteiger partial charge is 0.320 e. The van der Waals surface area contributed by atoms with Crippen LogP contribution in [0.4, 0.5) is 0 Å². The Labute approximate surface area is 171 Å². The number of esters is 2. The molecule has 156 valence electrons. The molecule has 0 aliphatic rings. The molecule has 0 spiro atoms. The Morgan fingerprint density at radius 3 is 2.21 bits per heavy atom. The van der Waals surface area contributed by atoms with Gasteiger partial charge in [-0.3, -0.25) is 9.59 Å². The molecule has 2 atom stereocenters. The van der Waals surface area contributed by atoms with Crippen LogP contribution in [0.1, 0.15) is 50.8 Å². The summed E-state index contributed by atoms with van der Waals surface area (Å²) in [6, 6.07) is 16.1. The molecule has 0 bridgehead atoms. The first-order chi connectivity index (χ1) is 13.7. The van der Waals surface area contributed by atoms with Gasteiger partial charge in [0.1, 0.15) is 11.4 Å². The first kappa shape index (κ1) is 22.6. The molecule has 6 nitrogen and oxygen atoms in total. The lowest BCUT2D eigenvalue weighted by atomic mass is 10.0. The molecular weight excluding hydrogens is 370 g/mol. The fourth-order valence-electron chi connectivity index (χ4n) is 2.65. The molecule has 29 heavy (non-hydrogen) atoms. The highest BCUT2D eigenvalue weighted by atomic mass is 16.6.